The van der Waals surface area contributed by atoms with E-state index in [1.165, 1.54) is 6.20 Å². The van der Waals surface area contributed by atoms with E-state index in [-0.39, 0.29) is 16.3 Å². The molecule has 0 unspecified atom stereocenters. The van der Waals surface area contributed by atoms with E-state index in [9.17, 15) is 9.50 Å². The molecule has 1 aromatic heterocycles. The van der Waals surface area contributed by atoms with Gasteiger partial charge in [0, 0.05) is 17.1 Å². The molecule has 2 aromatic rings. The van der Waals surface area contributed by atoms with E-state index in [0.29, 0.717) is 16.5 Å². The summed E-state index contributed by atoms with van der Waals surface area (Å²) in [4.78, 5) is 3.92. The standard InChI is InChI=1S/C11H9ClFNO/c1-5-3-7-10(9(13)8(5)12)14-4-6(2)11(7)15/h3-4H,1-2H3,(H,14,15). The molecular weight excluding hydrogens is 217 g/mol. The maximum Gasteiger partial charge on any atom is 0.168 e. The summed E-state index contributed by atoms with van der Waals surface area (Å²) in [5.41, 5.74) is 1.31. The van der Waals surface area contributed by atoms with Gasteiger partial charge in [0.15, 0.2) is 5.82 Å². The predicted molar refractivity (Wildman–Crippen MR) is 57.8 cm³/mol. The number of hydrogen-bond donors (Lipinski definition) is 1. The highest BCUT2D eigenvalue weighted by molar-refractivity contribution is 6.32. The van der Waals surface area contributed by atoms with Crippen molar-refractivity contribution in [2.45, 2.75) is 13.8 Å². The van der Waals surface area contributed by atoms with Crippen LogP contribution in [0.4, 0.5) is 4.39 Å². The number of benzene rings is 1. The van der Waals surface area contributed by atoms with E-state index < -0.39 is 5.82 Å². The molecule has 0 fully saturated rings. The van der Waals surface area contributed by atoms with Gasteiger partial charge in [0.1, 0.15) is 11.3 Å². The first kappa shape index (κ1) is 10.2. The van der Waals surface area contributed by atoms with Crippen molar-refractivity contribution in [2.24, 2.45) is 0 Å². The largest absolute Gasteiger partial charge is 0.507 e. The van der Waals surface area contributed by atoms with Crippen LogP contribution in [0, 0.1) is 19.7 Å². The maximum atomic E-state index is 13.7. The van der Waals surface area contributed by atoms with Crippen LogP contribution in [0.5, 0.6) is 5.75 Å². The van der Waals surface area contributed by atoms with E-state index in [1.807, 2.05) is 0 Å². The minimum absolute atomic E-state index is 0.0539. The fraction of sp³-hybridized carbons (Fsp3) is 0.182. The molecule has 2 rings (SSSR count). The Morgan fingerprint density at radius 1 is 1.33 bits per heavy atom. The Bertz CT molecular complexity index is 554. The Labute approximate surface area is 91.3 Å². The second kappa shape index (κ2) is 3.35. The lowest BCUT2D eigenvalue weighted by molar-refractivity contribution is 0.476. The van der Waals surface area contributed by atoms with Crippen molar-refractivity contribution in [1.82, 2.24) is 4.98 Å². The van der Waals surface area contributed by atoms with Gasteiger partial charge >= 0.3 is 0 Å². The van der Waals surface area contributed by atoms with Gasteiger partial charge in [-0.3, -0.25) is 4.98 Å². The third-order valence-corrected chi connectivity index (χ3v) is 2.84. The zero-order valence-corrected chi connectivity index (χ0v) is 9.06. The minimum atomic E-state index is -0.582. The molecule has 0 spiro atoms. The van der Waals surface area contributed by atoms with Gasteiger partial charge in [-0.05, 0) is 25.5 Å². The average Bonchev–Trinajstić information content (AvgIpc) is 2.21. The summed E-state index contributed by atoms with van der Waals surface area (Å²) in [6.45, 7) is 3.40. The molecular formula is C11H9ClFNO. The number of hydrogen-bond acceptors (Lipinski definition) is 2. The minimum Gasteiger partial charge on any atom is -0.507 e. The van der Waals surface area contributed by atoms with E-state index >= 15 is 0 Å². The summed E-state index contributed by atoms with van der Waals surface area (Å²) >= 11 is 5.75. The van der Waals surface area contributed by atoms with Crippen LogP contribution < -0.4 is 0 Å². The molecule has 0 saturated carbocycles. The lowest BCUT2D eigenvalue weighted by Gasteiger charge is -2.07. The summed E-state index contributed by atoms with van der Waals surface area (Å²) in [5.74, 6) is -0.527. The van der Waals surface area contributed by atoms with Gasteiger partial charge in [-0.25, -0.2) is 4.39 Å². The average molecular weight is 226 g/mol. The molecule has 1 N–H and O–H groups in total. The molecule has 0 aliphatic carbocycles. The Kier molecular flexibility index (Phi) is 2.27. The monoisotopic (exact) mass is 225 g/mol. The van der Waals surface area contributed by atoms with E-state index in [2.05, 4.69) is 4.98 Å². The lowest BCUT2D eigenvalue weighted by atomic mass is 10.1. The van der Waals surface area contributed by atoms with Gasteiger partial charge in [0.05, 0.1) is 5.02 Å². The number of aromatic nitrogens is 1. The summed E-state index contributed by atoms with van der Waals surface area (Å²) in [5, 5.41) is 10.2. The molecule has 15 heavy (non-hydrogen) atoms. The molecule has 1 aromatic carbocycles. The van der Waals surface area contributed by atoms with Crippen molar-refractivity contribution in [1.29, 1.82) is 0 Å². The van der Waals surface area contributed by atoms with E-state index in [4.69, 9.17) is 11.6 Å². The molecule has 0 bridgehead atoms. The van der Waals surface area contributed by atoms with Gasteiger partial charge in [-0.1, -0.05) is 11.6 Å². The molecule has 0 atom stereocenters. The van der Waals surface area contributed by atoms with Gasteiger partial charge in [0.25, 0.3) is 0 Å². The smallest absolute Gasteiger partial charge is 0.168 e. The van der Waals surface area contributed by atoms with Gasteiger partial charge < -0.3 is 5.11 Å². The Morgan fingerprint density at radius 3 is 2.67 bits per heavy atom. The normalized spacial score (nSPS) is 10.9. The van der Waals surface area contributed by atoms with Crippen molar-refractivity contribution in [3.05, 3.63) is 34.2 Å². The second-order valence-electron chi connectivity index (χ2n) is 3.51. The summed E-state index contributed by atoms with van der Waals surface area (Å²) < 4.78 is 13.7. The fourth-order valence-corrected chi connectivity index (χ4v) is 1.63. The van der Waals surface area contributed by atoms with Crippen molar-refractivity contribution in [3.8, 4) is 5.75 Å². The maximum absolute atomic E-state index is 13.7. The summed E-state index contributed by atoms with van der Waals surface area (Å²) in [7, 11) is 0. The number of aryl methyl sites for hydroxylation is 2. The number of rotatable bonds is 0. The van der Waals surface area contributed by atoms with Crippen molar-refractivity contribution < 1.29 is 9.50 Å². The molecule has 0 aliphatic heterocycles. The Hall–Kier alpha value is -1.35. The molecule has 78 valence electrons. The molecule has 0 radical (unpaired) electrons. The molecule has 2 nitrogen and oxygen atoms in total. The molecule has 0 aliphatic rings. The van der Waals surface area contributed by atoms with Gasteiger partial charge in [-0.15, -0.1) is 0 Å². The first-order valence-electron chi connectivity index (χ1n) is 4.45. The molecule has 4 heteroatoms. The van der Waals surface area contributed by atoms with Crippen LogP contribution in [-0.4, -0.2) is 10.1 Å². The van der Waals surface area contributed by atoms with Crippen LogP contribution in [0.2, 0.25) is 5.02 Å². The van der Waals surface area contributed by atoms with E-state index in [1.54, 1.807) is 19.9 Å². The highest BCUT2D eigenvalue weighted by Crippen LogP contribution is 2.33. The van der Waals surface area contributed by atoms with Gasteiger partial charge in [-0.2, -0.15) is 0 Å². The zero-order valence-electron chi connectivity index (χ0n) is 8.31. The highest BCUT2D eigenvalue weighted by atomic mass is 35.5. The number of pyridine rings is 1. The van der Waals surface area contributed by atoms with Crippen molar-refractivity contribution >= 4 is 22.5 Å². The van der Waals surface area contributed by atoms with Crippen LogP contribution in [0.1, 0.15) is 11.1 Å². The quantitative estimate of drug-likeness (QED) is 0.746. The topological polar surface area (TPSA) is 33.1 Å². The fourth-order valence-electron chi connectivity index (χ4n) is 1.49. The Morgan fingerprint density at radius 2 is 2.00 bits per heavy atom. The highest BCUT2D eigenvalue weighted by Gasteiger charge is 2.13. The second-order valence-corrected chi connectivity index (χ2v) is 3.89. The predicted octanol–water partition coefficient (Wildman–Crippen LogP) is 3.35. The van der Waals surface area contributed by atoms with Crippen LogP contribution in [0.15, 0.2) is 12.3 Å². The lowest BCUT2D eigenvalue weighted by Crippen LogP contribution is -1.91. The van der Waals surface area contributed by atoms with E-state index in [0.717, 1.165) is 0 Å². The third-order valence-electron chi connectivity index (χ3n) is 2.38. The molecule has 0 amide bonds. The number of aromatic hydroxyl groups is 1. The Balaban J connectivity index is 2.98. The van der Waals surface area contributed by atoms with Crippen molar-refractivity contribution in [2.75, 3.05) is 0 Å². The molecule has 0 saturated heterocycles. The number of halogens is 2. The SMILES string of the molecule is Cc1cc2c(O)c(C)cnc2c(F)c1Cl. The summed E-state index contributed by atoms with van der Waals surface area (Å²) in [6.07, 6.45) is 1.42. The van der Waals surface area contributed by atoms with Crippen molar-refractivity contribution in [3.63, 3.8) is 0 Å². The van der Waals surface area contributed by atoms with Crippen LogP contribution in [0.3, 0.4) is 0 Å². The van der Waals surface area contributed by atoms with Crippen LogP contribution in [-0.2, 0) is 0 Å². The van der Waals surface area contributed by atoms with Crippen LogP contribution in [0.25, 0.3) is 10.9 Å². The first-order valence-corrected chi connectivity index (χ1v) is 4.83. The molecule has 1 heterocycles. The third kappa shape index (κ3) is 1.43. The number of fused-ring (bicyclic) bond motifs is 1. The van der Waals surface area contributed by atoms with Gasteiger partial charge in [0.2, 0.25) is 0 Å². The summed E-state index contributed by atoms with van der Waals surface area (Å²) in [6, 6.07) is 1.64. The zero-order chi connectivity index (χ0) is 11.2. The number of nitrogens with zero attached hydrogens (tertiary/aromatic N) is 1. The van der Waals surface area contributed by atoms with Crippen LogP contribution >= 0.6 is 11.6 Å². The first-order chi connectivity index (χ1) is 7.02.